The lowest BCUT2D eigenvalue weighted by atomic mass is 9.00. The fourth-order valence-electron chi connectivity index (χ4n) is 6.19. The van der Waals surface area contributed by atoms with Gasteiger partial charge in [-0.15, -0.1) is 16.4 Å². The zero-order valence-electron chi connectivity index (χ0n) is 24.2. The second-order valence-corrected chi connectivity index (χ2v) is 10.6. The molecule has 180 valence electrons. The molecular weight excluding hydrogens is 460 g/mol. The number of rotatable bonds is 8. The molecule has 1 aliphatic carbocycles. The highest BCUT2D eigenvalue weighted by molar-refractivity contribution is 7.52. The largest absolute Gasteiger partial charge is 0.494 e. The standard InChI is InChI=1S/C23H30B10N2O3/c1-9-18(33(29)31-26)19(32(27)28)17(30-25)16(24)20(9)35-12-8-13(38-3)21(34-2)15-14(12)22(36)10-6-4-5-7-11(10)23(15)37/h4-8,30-31,34-35H,24-29H2,1-3H3. The molecule has 0 aromatic heterocycles. The Morgan fingerprint density at radius 1 is 0.947 bits per heavy atom. The summed E-state index contributed by atoms with van der Waals surface area (Å²) >= 11 is 0. The van der Waals surface area contributed by atoms with Gasteiger partial charge in [-0.05, 0) is 12.5 Å². The molecule has 0 atom stereocenters. The maximum atomic E-state index is 13.9. The Kier molecular flexibility index (Phi) is 8.15. The Balaban J connectivity index is 2.04. The molecule has 0 unspecified atom stereocenters. The third-order valence-corrected chi connectivity index (χ3v) is 8.15. The molecule has 0 aliphatic heterocycles. The lowest BCUT2D eigenvalue weighted by Gasteiger charge is -2.30. The van der Waals surface area contributed by atoms with Gasteiger partial charge in [0, 0.05) is 29.9 Å². The van der Waals surface area contributed by atoms with Crippen molar-refractivity contribution in [3.05, 3.63) is 58.1 Å². The number of nitrogens with one attached hydrogen (secondary N) is 2. The fraction of sp³-hybridized carbons (Fsp3) is 0.130. The third kappa shape index (κ3) is 4.38. The van der Waals surface area contributed by atoms with Crippen molar-refractivity contribution in [2.45, 2.75) is 6.92 Å². The Labute approximate surface area is 233 Å². The van der Waals surface area contributed by atoms with Gasteiger partial charge in [0.1, 0.15) is 20.8 Å². The fourth-order valence-corrected chi connectivity index (χ4v) is 6.19. The van der Waals surface area contributed by atoms with E-state index in [9.17, 15) is 9.59 Å². The monoisotopic (exact) mass is 492 g/mol. The van der Waals surface area contributed by atoms with Gasteiger partial charge in [0.25, 0.3) is 0 Å². The molecule has 15 heteroatoms. The molecule has 0 heterocycles. The van der Waals surface area contributed by atoms with Crippen LogP contribution in [-0.4, -0.2) is 99.5 Å². The average molecular weight is 491 g/mol. The van der Waals surface area contributed by atoms with Crippen LogP contribution in [0.15, 0.2) is 30.3 Å². The van der Waals surface area contributed by atoms with E-state index in [2.05, 4.69) is 64.1 Å². The van der Waals surface area contributed by atoms with Crippen molar-refractivity contribution >= 4 is 124 Å². The molecule has 2 N–H and O–H groups in total. The van der Waals surface area contributed by atoms with E-state index >= 15 is 0 Å². The van der Waals surface area contributed by atoms with Crippen LogP contribution in [0.4, 0.5) is 17.1 Å². The number of fused-ring (bicyclic) bond motifs is 2. The normalized spacial score (nSPS) is 11.8. The van der Waals surface area contributed by atoms with Crippen LogP contribution in [0.3, 0.4) is 0 Å². The van der Waals surface area contributed by atoms with Gasteiger partial charge in [-0.1, -0.05) is 29.7 Å². The molecule has 5 nitrogen and oxygen atoms in total. The molecule has 0 bridgehead atoms. The van der Waals surface area contributed by atoms with Gasteiger partial charge < -0.3 is 15.4 Å². The zero-order valence-corrected chi connectivity index (χ0v) is 24.2. The lowest BCUT2D eigenvalue weighted by molar-refractivity contribution is 0.0980. The van der Waals surface area contributed by atoms with Crippen molar-refractivity contribution < 1.29 is 14.3 Å². The summed E-state index contributed by atoms with van der Waals surface area (Å²) in [6, 6.07) is 8.88. The van der Waals surface area contributed by atoms with Crippen molar-refractivity contribution in [1.29, 1.82) is 0 Å². The van der Waals surface area contributed by atoms with E-state index in [4.69, 9.17) is 4.74 Å². The Bertz CT molecular complexity index is 1460. The molecule has 0 saturated heterocycles. The Morgan fingerprint density at radius 2 is 1.55 bits per heavy atom. The van der Waals surface area contributed by atoms with Crippen molar-refractivity contribution in [3.63, 3.8) is 0 Å². The van der Waals surface area contributed by atoms with Crippen molar-refractivity contribution in [2.75, 3.05) is 24.8 Å². The van der Waals surface area contributed by atoms with Gasteiger partial charge in [0.15, 0.2) is 11.6 Å². The van der Waals surface area contributed by atoms with Gasteiger partial charge in [-0.2, -0.15) is 0 Å². The summed E-state index contributed by atoms with van der Waals surface area (Å²) in [7, 11) is 18.7. The molecular formula is C23H30B10N2O3. The highest BCUT2D eigenvalue weighted by Crippen LogP contribution is 2.42. The van der Waals surface area contributed by atoms with E-state index in [1.165, 1.54) is 27.4 Å². The average Bonchev–Trinajstić information content (AvgIpc) is 2.92. The first kappa shape index (κ1) is 28.1. The molecule has 0 amide bonds. The number of methoxy groups -OCH3 is 1. The van der Waals surface area contributed by atoms with Crippen LogP contribution < -0.4 is 37.2 Å². The van der Waals surface area contributed by atoms with E-state index in [1.54, 1.807) is 38.4 Å². The molecule has 3 aromatic rings. The van der Waals surface area contributed by atoms with Gasteiger partial charge >= 0.3 is 0 Å². The Morgan fingerprint density at radius 3 is 2.05 bits per heavy atom. The molecule has 3 aromatic carbocycles. The number of anilines is 3. The summed E-state index contributed by atoms with van der Waals surface area (Å²) in [6.45, 7) is 2.97. The van der Waals surface area contributed by atoms with E-state index in [-0.39, 0.29) is 11.6 Å². The minimum absolute atomic E-state index is 0.163. The van der Waals surface area contributed by atoms with E-state index in [0.717, 1.165) is 19.9 Å². The van der Waals surface area contributed by atoms with Crippen LogP contribution >= 0.6 is 0 Å². The first-order valence-corrected chi connectivity index (χ1v) is 13.7. The molecule has 0 radical (unpaired) electrons. The molecule has 0 spiro atoms. The highest BCUT2D eigenvalue weighted by atomic mass is 16.5. The van der Waals surface area contributed by atoms with Gasteiger partial charge in [0.05, 0.1) is 88.3 Å². The maximum Gasteiger partial charge on any atom is 0.196 e. The molecule has 38 heavy (non-hydrogen) atoms. The number of hydrogen-bond donors (Lipinski definition) is 2. The number of carbonyl (C=O) groups excluding carboxylic acids is 2. The topological polar surface area (TPSA) is 67.4 Å². The number of ether oxygens (including phenoxy) is 1. The van der Waals surface area contributed by atoms with Crippen LogP contribution in [0, 0.1) is 6.92 Å². The van der Waals surface area contributed by atoms with Crippen molar-refractivity contribution in [3.8, 4) is 5.75 Å². The van der Waals surface area contributed by atoms with Crippen LogP contribution in [0.1, 0.15) is 37.4 Å². The second kappa shape index (κ2) is 11.0. The maximum absolute atomic E-state index is 13.9. The van der Waals surface area contributed by atoms with Crippen molar-refractivity contribution in [1.82, 2.24) is 0 Å². The quantitative estimate of drug-likeness (QED) is 0.241. The third-order valence-electron chi connectivity index (χ3n) is 8.15. The number of carbonyl (C=O) groups is 2. The van der Waals surface area contributed by atoms with Crippen LogP contribution in [0.25, 0.3) is 0 Å². The lowest BCUT2D eigenvalue weighted by Crippen LogP contribution is -2.64. The zero-order chi connectivity index (χ0) is 27.9. The Hall–Kier alpha value is -2.95. The van der Waals surface area contributed by atoms with Gasteiger partial charge in [-0.25, -0.2) is 0 Å². The van der Waals surface area contributed by atoms with Gasteiger partial charge in [0.2, 0.25) is 0 Å². The molecule has 0 fully saturated rings. The number of ketones is 2. The molecule has 0 saturated carbocycles. The molecule has 4 rings (SSSR count). The minimum Gasteiger partial charge on any atom is -0.494 e. The summed E-state index contributed by atoms with van der Waals surface area (Å²) in [5, 5.41) is 6.77. The van der Waals surface area contributed by atoms with Gasteiger partial charge in [-0.3, -0.25) is 9.59 Å². The number of benzene rings is 3. The second-order valence-electron chi connectivity index (χ2n) is 10.6. The molecule has 1 aliphatic rings. The summed E-state index contributed by atoms with van der Waals surface area (Å²) in [4.78, 5) is 27.7. The minimum atomic E-state index is -0.181. The predicted molar refractivity (Wildman–Crippen MR) is 186 cm³/mol. The van der Waals surface area contributed by atoms with Crippen LogP contribution in [0.2, 0.25) is 0 Å². The summed E-state index contributed by atoms with van der Waals surface area (Å²) in [5.74, 6) is 0.171. The van der Waals surface area contributed by atoms with E-state index < -0.39 is 0 Å². The summed E-state index contributed by atoms with van der Waals surface area (Å²) in [5.41, 5.74) is 10.2. The van der Waals surface area contributed by atoms with E-state index in [1.807, 2.05) is 6.07 Å². The number of hydrogen-bond acceptors (Lipinski definition) is 5. The van der Waals surface area contributed by atoms with Crippen LogP contribution in [-0.2, 0) is 0 Å². The SMILES string of the molecule is BBB(B)c1c(C)c(Nc2cc(OC)c(NC)c3c2C(=O)c2ccccc2C3=O)c(B)c(BB)c1B(B)B. The van der Waals surface area contributed by atoms with Crippen LogP contribution in [0.5, 0.6) is 5.75 Å². The summed E-state index contributed by atoms with van der Waals surface area (Å²) < 4.78 is 5.72. The van der Waals surface area contributed by atoms with E-state index in [0.29, 0.717) is 52.4 Å². The smallest absolute Gasteiger partial charge is 0.196 e. The van der Waals surface area contributed by atoms with Crippen molar-refractivity contribution in [2.24, 2.45) is 0 Å². The highest BCUT2D eigenvalue weighted by Gasteiger charge is 2.36. The summed E-state index contributed by atoms with van der Waals surface area (Å²) in [6.07, 6.45) is 0. The first-order chi connectivity index (χ1) is 18.1. The predicted octanol–water partition coefficient (Wildman–Crippen LogP) is -6.29. The first-order valence-electron chi connectivity index (χ1n) is 13.7.